The molecule has 0 amide bonds. The molecule has 22 heavy (non-hydrogen) atoms. The first-order valence-electron chi connectivity index (χ1n) is 5.64. The summed E-state index contributed by atoms with van der Waals surface area (Å²) in [7, 11) is 0. The van der Waals surface area contributed by atoms with Gasteiger partial charge in [0.15, 0.2) is 12.2 Å². The predicted molar refractivity (Wildman–Crippen MR) is 64.0 cm³/mol. The van der Waals surface area contributed by atoms with Gasteiger partial charge in [-0.3, -0.25) is 4.79 Å². The second kappa shape index (κ2) is 7.19. The fraction of sp³-hybridized carbons (Fsp3) is 0.417. The highest BCUT2D eigenvalue weighted by Crippen LogP contribution is 2.22. The summed E-state index contributed by atoms with van der Waals surface area (Å²) in [5.74, 6) is -1.30. The van der Waals surface area contributed by atoms with Gasteiger partial charge in [-0.1, -0.05) is 23.7 Å². The van der Waals surface area contributed by atoms with Crippen molar-refractivity contribution < 1.29 is 40.6 Å². The lowest BCUT2D eigenvalue weighted by molar-refractivity contribution is -0.174. The maximum Gasteiger partial charge on any atom is 0.422 e. The molecule has 0 bridgehead atoms. The van der Waals surface area contributed by atoms with E-state index in [1.165, 1.54) is 6.07 Å². The Morgan fingerprint density at radius 2 is 1.68 bits per heavy atom. The molecule has 0 heterocycles. The molecule has 0 aliphatic carbocycles. The van der Waals surface area contributed by atoms with E-state index in [0.717, 1.165) is 18.2 Å². The van der Waals surface area contributed by atoms with Gasteiger partial charge in [0.2, 0.25) is 5.78 Å². The van der Waals surface area contributed by atoms with Crippen LogP contribution in [0.3, 0.4) is 0 Å². The second-order valence-electron chi connectivity index (χ2n) is 4.04. The maximum atomic E-state index is 12.0. The lowest BCUT2D eigenvalue weighted by Crippen LogP contribution is -2.25. The third-order valence-corrected chi connectivity index (χ3v) is 2.44. The summed E-state index contributed by atoms with van der Waals surface area (Å²) in [6, 6.07) is 4.45. The molecule has 0 spiro atoms. The number of rotatable bonds is 6. The van der Waals surface area contributed by atoms with E-state index in [1.54, 1.807) is 0 Å². The fourth-order valence-electron chi connectivity index (χ4n) is 1.28. The Kier molecular flexibility index (Phi) is 6.07. The highest BCUT2D eigenvalue weighted by Gasteiger charge is 2.31. The minimum Gasteiger partial charge on any atom is -0.484 e. The SMILES string of the molecule is O=C(c1cccc(OCC(F)(F)F)c1)C(Cl)OCC(F)(F)F. The first-order valence-corrected chi connectivity index (χ1v) is 6.08. The van der Waals surface area contributed by atoms with Gasteiger partial charge in [0.1, 0.15) is 12.4 Å². The number of halogens is 7. The Bertz CT molecular complexity index is 514. The molecular formula is C12H9ClF6O3. The number of benzene rings is 1. The predicted octanol–water partition coefficient (Wildman–Crippen LogP) is 3.95. The van der Waals surface area contributed by atoms with E-state index in [0.29, 0.717) is 0 Å². The van der Waals surface area contributed by atoms with Crippen molar-refractivity contribution in [3.8, 4) is 5.75 Å². The van der Waals surface area contributed by atoms with Crippen molar-refractivity contribution in [2.24, 2.45) is 0 Å². The summed E-state index contributed by atoms with van der Waals surface area (Å²) in [4.78, 5) is 11.7. The van der Waals surface area contributed by atoms with Crippen molar-refractivity contribution in [2.45, 2.75) is 17.9 Å². The molecule has 1 atom stereocenters. The first-order chi connectivity index (χ1) is 9.98. The van der Waals surface area contributed by atoms with Crippen LogP contribution in [-0.2, 0) is 4.74 Å². The van der Waals surface area contributed by atoms with Gasteiger partial charge in [-0.05, 0) is 12.1 Å². The van der Waals surface area contributed by atoms with Crippen LogP contribution in [0.5, 0.6) is 5.75 Å². The highest BCUT2D eigenvalue weighted by atomic mass is 35.5. The first kappa shape index (κ1) is 18.6. The van der Waals surface area contributed by atoms with Gasteiger partial charge in [0.25, 0.3) is 0 Å². The fourth-order valence-corrected chi connectivity index (χ4v) is 1.47. The molecular weight excluding hydrogens is 342 g/mol. The monoisotopic (exact) mass is 350 g/mol. The molecule has 0 aliphatic rings. The molecule has 0 fully saturated rings. The van der Waals surface area contributed by atoms with Crippen LogP contribution in [-0.4, -0.2) is 36.9 Å². The number of hydrogen-bond acceptors (Lipinski definition) is 3. The Labute approximate surface area is 125 Å². The summed E-state index contributed by atoms with van der Waals surface area (Å²) in [6.45, 7) is -3.29. The van der Waals surface area contributed by atoms with Crippen molar-refractivity contribution in [3.05, 3.63) is 29.8 Å². The zero-order valence-corrected chi connectivity index (χ0v) is 11.4. The van der Waals surface area contributed by atoms with Crippen molar-refractivity contribution in [1.82, 2.24) is 0 Å². The van der Waals surface area contributed by atoms with Gasteiger partial charge in [0.05, 0.1) is 0 Å². The van der Waals surface area contributed by atoms with E-state index in [4.69, 9.17) is 11.6 Å². The van der Waals surface area contributed by atoms with E-state index >= 15 is 0 Å². The Hall–Kier alpha value is -1.48. The van der Waals surface area contributed by atoms with Crippen molar-refractivity contribution in [1.29, 1.82) is 0 Å². The molecule has 1 rings (SSSR count). The Morgan fingerprint density at radius 1 is 1.09 bits per heavy atom. The maximum absolute atomic E-state index is 12.0. The molecule has 1 aromatic rings. The summed E-state index contributed by atoms with van der Waals surface area (Å²) in [6.07, 6.45) is -9.23. The Morgan fingerprint density at radius 3 is 2.23 bits per heavy atom. The number of Topliss-reactive ketones (excluding diaryl/α,β-unsaturated/α-hetero) is 1. The van der Waals surface area contributed by atoms with Gasteiger partial charge in [-0.25, -0.2) is 0 Å². The summed E-state index contributed by atoms with van der Waals surface area (Å²) in [5, 5.41) is 0. The number of carbonyl (C=O) groups excluding carboxylic acids is 1. The number of alkyl halides is 7. The third-order valence-electron chi connectivity index (χ3n) is 2.12. The van der Waals surface area contributed by atoms with Gasteiger partial charge >= 0.3 is 12.4 Å². The van der Waals surface area contributed by atoms with Crippen LogP contribution in [0, 0.1) is 0 Å². The topological polar surface area (TPSA) is 35.5 Å². The van der Waals surface area contributed by atoms with Crippen molar-refractivity contribution in [3.63, 3.8) is 0 Å². The van der Waals surface area contributed by atoms with E-state index in [9.17, 15) is 31.1 Å². The van der Waals surface area contributed by atoms with Crippen LogP contribution in [0.15, 0.2) is 24.3 Å². The molecule has 3 nitrogen and oxygen atoms in total. The van der Waals surface area contributed by atoms with Crippen molar-refractivity contribution >= 4 is 17.4 Å². The molecule has 0 N–H and O–H groups in total. The molecule has 1 aromatic carbocycles. The van der Waals surface area contributed by atoms with Crippen LogP contribution in [0.1, 0.15) is 10.4 Å². The average Bonchev–Trinajstić information content (AvgIpc) is 2.40. The molecule has 0 aliphatic heterocycles. The zero-order valence-electron chi connectivity index (χ0n) is 10.7. The largest absolute Gasteiger partial charge is 0.484 e. The normalized spacial score (nSPS) is 13.8. The van der Waals surface area contributed by atoms with Gasteiger partial charge < -0.3 is 9.47 Å². The minimum atomic E-state index is -4.66. The Balaban J connectivity index is 2.69. The van der Waals surface area contributed by atoms with E-state index in [-0.39, 0.29) is 11.3 Å². The summed E-state index contributed by atoms with van der Waals surface area (Å²) < 4.78 is 80.4. The van der Waals surface area contributed by atoms with Gasteiger partial charge in [-0.15, -0.1) is 0 Å². The summed E-state index contributed by atoms with van der Waals surface area (Å²) in [5.41, 5.74) is -2.15. The smallest absolute Gasteiger partial charge is 0.422 e. The van der Waals surface area contributed by atoms with Crippen LogP contribution in [0.4, 0.5) is 26.3 Å². The quantitative estimate of drug-likeness (QED) is 0.443. The number of carbonyl (C=O) groups is 1. The molecule has 10 heteroatoms. The summed E-state index contributed by atoms with van der Waals surface area (Å²) >= 11 is 5.38. The average molecular weight is 351 g/mol. The van der Waals surface area contributed by atoms with E-state index in [2.05, 4.69) is 9.47 Å². The molecule has 0 saturated carbocycles. The lowest BCUT2D eigenvalue weighted by atomic mass is 10.1. The van der Waals surface area contributed by atoms with Crippen molar-refractivity contribution in [2.75, 3.05) is 13.2 Å². The second-order valence-corrected chi connectivity index (χ2v) is 4.43. The van der Waals surface area contributed by atoms with Crippen LogP contribution < -0.4 is 4.74 Å². The lowest BCUT2D eigenvalue weighted by Gasteiger charge is -2.13. The third kappa shape index (κ3) is 6.99. The minimum absolute atomic E-state index is 0.234. The van der Waals surface area contributed by atoms with Crippen LogP contribution >= 0.6 is 11.6 Å². The highest BCUT2D eigenvalue weighted by molar-refractivity contribution is 6.32. The van der Waals surface area contributed by atoms with E-state index in [1.807, 2.05) is 0 Å². The molecule has 0 aromatic heterocycles. The zero-order chi connectivity index (χ0) is 17.0. The van der Waals surface area contributed by atoms with Gasteiger partial charge in [0, 0.05) is 5.56 Å². The number of ketones is 1. The van der Waals surface area contributed by atoms with E-state index < -0.39 is 36.9 Å². The van der Waals surface area contributed by atoms with Crippen LogP contribution in [0.25, 0.3) is 0 Å². The standard InChI is InChI=1S/C12H9ClF6O3/c13-10(22-6-12(17,18)19)9(20)7-2-1-3-8(4-7)21-5-11(14,15)16/h1-4,10H,5-6H2. The molecule has 0 saturated heterocycles. The van der Waals surface area contributed by atoms with Crippen LogP contribution in [0.2, 0.25) is 0 Å². The number of hydrogen-bond donors (Lipinski definition) is 0. The van der Waals surface area contributed by atoms with Gasteiger partial charge in [-0.2, -0.15) is 26.3 Å². The number of ether oxygens (including phenoxy) is 2. The molecule has 0 radical (unpaired) electrons. The molecule has 1 unspecified atom stereocenters. The molecule has 124 valence electrons.